The first-order chi connectivity index (χ1) is 6.25. The van der Waals surface area contributed by atoms with Gasteiger partial charge in [-0.25, -0.2) is 0 Å². The molecule has 68 valence electrons. The molecule has 0 saturated heterocycles. The molecule has 0 heterocycles. The van der Waals surface area contributed by atoms with Gasteiger partial charge in [0.2, 0.25) is 0 Å². The molecule has 1 aromatic rings. The Balaban J connectivity index is 3.03. The summed E-state index contributed by atoms with van der Waals surface area (Å²) in [7, 11) is -2.48. The fourth-order valence-electron chi connectivity index (χ4n) is 1.10. The van der Waals surface area contributed by atoms with Gasteiger partial charge < -0.3 is 4.89 Å². The van der Waals surface area contributed by atoms with E-state index < -0.39 is 8.03 Å². The fourth-order valence-corrected chi connectivity index (χ4v) is 1.79. The number of rotatable bonds is 3. The molecule has 0 aromatic heterocycles. The van der Waals surface area contributed by atoms with Gasteiger partial charge in [-0.1, -0.05) is 41.8 Å². The maximum absolute atomic E-state index is 10.9. The van der Waals surface area contributed by atoms with E-state index >= 15 is 0 Å². The lowest BCUT2D eigenvalue weighted by Gasteiger charge is -1.96. The van der Waals surface area contributed by atoms with Crippen molar-refractivity contribution in [3.8, 4) is 0 Å². The number of allylic oxidation sites excluding steroid dienone is 1. The SMILES string of the molecule is CCC=C(c1ccccc1)[P+](=O)[O-]. The predicted octanol–water partition coefficient (Wildman–Crippen LogP) is 2.54. The molecule has 13 heavy (non-hydrogen) atoms. The van der Waals surface area contributed by atoms with Crippen LogP contribution in [-0.4, -0.2) is 0 Å². The van der Waals surface area contributed by atoms with Gasteiger partial charge in [0.15, 0.2) is 5.31 Å². The van der Waals surface area contributed by atoms with E-state index in [0.717, 1.165) is 12.0 Å². The maximum atomic E-state index is 10.9. The highest BCUT2D eigenvalue weighted by Gasteiger charge is 2.12. The third kappa shape index (κ3) is 2.76. The van der Waals surface area contributed by atoms with Crippen LogP contribution in [0.4, 0.5) is 0 Å². The molecule has 0 saturated carbocycles. The highest BCUT2D eigenvalue weighted by atomic mass is 31.1. The molecule has 0 aliphatic heterocycles. The zero-order valence-electron chi connectivity index (χ0n) is 7.43. The Morgan fingerprint density at radius 2 is 2.08 bits per heavy atom. The van der Waals surface area contributed by atoms with E-state index in [1.807, 2.05) is 25.1 Å². The van der Waals surface area contributed by atoms with E-state index in [0.29, 0.717) is 5.31 Å². The van der Waals surface area contributed by atoms with Crippen molar-refractivity contribution < 1.29 is 9.46 Å². The van der Waals surface area contributed by atoms with E-state index in [-0.39, 0.29) is 0 Å². The molecular formula is C10H11O2P. The summed E-state index contributed by atoms with van der Waals surface area (Å²) in [4.78, 5) is 10.9. The van der Waals surface area contributed by atoms with Crippen molar-refractivity contribution in [1.82, 2.24) is 0 Å². The molecule has 0 fully saturated rings. The van der Waals surface area contributed by atoms with Crippen LogP contribution in [0.3, 0.4) is 0 Å². The summed E-state index contributed by atoms with van der Waals surface area (Å²) in [6, 6.07) is 9.12. The zero-order valence-corrected chi connectivity index (χ0v) is 8.33. The quantitative estimate of drug-likeness (QED) is 0.693. The molecule has 1 atom stereocenters. The second-order valence-corrected chi connectivity index (χ2v) is 3.62. The Labute approximate surface area is 78.8 Å². The van der Waals surface area contributed by atoms with E-state index in [1.165, 1.54) is 0 Å². The topological polar surface area (TPSA) is 40.1 Å². The van der Waals surface area contributed by atoms with Gasteiger partial charge in [0.05, 0.1) is 0 Å². The second-order valence-electron chi connectivity index (χ2n) is 2.62. The van der Waals surface area contributed by atoms with Gasteiger partial charge >= 0.3 is 8.03 Å². The molecule has 1 unspecified atom stereocenters. The monoisotopic (exact) mass is 194 g/mol. The average molecular weight is 194 g/mol. The number of benzene rings is 1. The molecule has 0 bridgehead atoms. The molecule has 0 spiro atoms. The van der Waals surface area contributed by atoms with Crippen molar-refractivity contribution >= 4 is 13.3 Å². The van der Waals surface area contributed by atoms with Crippen molar-refractivity contribution in [3.05, 3.63) is 42.0 Å². The van der Waals surface area contributed by atoms with Gasteiger partial charge in [0.25, 0.3) is 0 Å². The van der Waals surface area contributed by atoms with Crippen LogP contribution in [0.25, 0.3) is 5.31 Å². The van der Waals surface area contributed by atoms with Crippen LogP contribution < -0.4 is 4.89 Å². The van der Waals surface area contributed by atoms with Crippen molar-refractivity contribution in [2.75, 3.05) is 0 Å². The number of hydrogen-bond acceptors (Lipinski definition) is 2. The van der Waals surface area contributed by atoms with Crippen molar-refractivity contribution in [1.29, 1.82) is 0 Å². The van der Waals surface area contributed by atoms with E-state index in [2.05, 4.69) is 0 Å². The largest absolute Gasteiger partial charge is 0.591 e. The van der Waals surface area contributed by atoms with E-state index in [1.54, 1.807) is 18.2 Å². The van der Waals surface area contributed by atoms with Gasteiger partial charge in [0, 0.05) is 5.56 Å². The van der Waals surface area contributed by atoms with Gasteiger partial charge in [0.1, 0.15) is 0 Å². The molecule has 1 rings (SSSR count). The average Bonchev–Trinajstić information content (AvgIpc) is 2.15. The van der Waals surface area contributed by atoms with Gasteiger partial charge in [-0.05, 0) is 12.5 Å². The first-order valence-electron chi connectivity index (χ1n) is 4.15. The van der Waals surface area contributed by atoms with Crippen LogP contribution in [0.1, 0.15) is 18.9 Å². The van der Waals surface area contributed by atoms with Crippen molar-refractivity contribution in [2.45, 2.75) is 13.3 Å². The summed E-state index contributed by atoms with van der Waals surface area (Å²) in [6.07, 6.45) is 2.45. The zero-order chi connectivity index (χ0) is 9.68. The van der Waals surface area contributed by atoms with Gasteiger partial charge in [-0.15, -0.1) is 0 Å². The Morgan fingerprint density at radius 3 is 2.54 bits per heavy atom. The summed E-state index contributed by atoms with van der Waals surface area (Å²) < 4.78 is 10.9. The van der Waals surface area contributed by atoms with E-state index in [9.17, 15) is 9.46 Å². The van der Waals surface area contributed by atoms with Crippen molar-refractivity contribution in [2.24, 2.45) is 0 Å². The molecule has 0 aliphatic rings. The molecule has 0 N–H and O–H groups in total. The molecule has 2 nitrogen and oxygen atoms in total. The molecule has 0 radical (unpaired) electrons. The standard InChI is InChI=1S/C10H11O2P/c1-2-6-10(13(11)12)9-7-4-3-5-8-9/h3-8H,2H2,1H3. The molecule has 0 amide bonds. The first-order valence-corrected chi connectivity index (χ1v) is 5.33. The maximum Gasteiger partial charge on any atom is 0.349 e. The Kier molecular flexibility index (Phi) is 3.81. The highest BCUT2D eigenvalue weighted by Crippen LogP contribution is 2.33. The van der Waals surface area contributed by atoms with Crippen LogP contribution >= 0.6 is 8.03 Å². The van der Waals surface area contributed by atoms with Crippen molar-refractivity contribution in [3.63, 3.8) is 0 Å². The molecule has 1 aromatic carbocycles. The lowest BCUT2D eigenvalue weighted by Crippen LogP contribution is -1.89. The predicted molar refractivity (Wildman–Crippen MR) is 52.3 cm³/mol. The van der Waals surface area contributed by atoms with Crippen LogP contribution in [0.15, 0.2) is 36.4 Å². The first kappa shape index (κ1) is 10.1. The summed E-state index contributed by atoms with van der Waals surface area (Å²) in [5.41, 5.74) is 0.764. The van der Waals surface area contributed by atoms with Gasteiger partial charge in [-0.2, -0.15) is 0 Å². The Bertz CT molecular complexity index is 317. The minimum absolute atomic E-state index is 0.415. The summed E-state index contributed by atoms with van der Waals surface area (Å²) >= 11 is 0. The molecular weight excluding hydrogens is 183 g/mol. The van der Waals surface area contributed by atoms with E-state index in [4.69, 9.17) is 0 Å². The van der Waals surface area contributed by atoms with Crippen LogP contribution in [0, 0.1) is 0 Å². The fraction of sp³-hybridized carbons (Fsp3) is 0.200. The van der Waals surface area contributed by atoms with Crippen LogP contribution in [-0.2, 0) is 4.57 Å². The summed E-state index contributed by atoms with van der Waals surface area (Å²) in [6.45, 7) is 1.92. The van der Waals surface area contributed by atoms with Gasteiger partial charge in [-0.3, -0.25) is 0 Å². The lowest BCUT2D eigenvalue weighted by atomic mass is 10.2. The smallest absolute Gasteiger partial charge is 0.349 e. The highest BCUT2D eigenvalue weighted by molar-refractivity contribution is 7.49. The minimum atomic E-state index is -2.48. The third-order valence-electron chi connectivity index (χ3n) is 1.66. The lowest BCUT2D eigenvalue weighted by molar-refractivity contribution is -0.160. The summed E-state index contributed by atoms with van der Waals surface area (Å²) in [5.74, 6) is 0. The molecule has 3 heteroatoms. The second kappa shape index (κ2) is 4.90. The van der Waals surface area contributed by atoms with Crippen LogP contribution in [0.5, 0.6) is 0 Å². The summed E-state index contributed by atoms with van der Waals surface area (Å²) in [5, 5.41) is 0.415. The minimum Gasteiger partial charge on any atom is -0.591 e. The Morgan fingerprint density at radius 1 is 1.46 bits per heavy atom. The molecule has 0 aliphatic carbocycles. The van der Waals surface area contributed by atoms with Crippen LogP contribution in [0.2, 0.25) is 0 Å². The number of hydrogen-bond donors (Lipinski definition) is 0. The Hall–Kier alpha value is -0.980. The normalized spacial score (nSPS) is 12.8. The third-order valence-corrected chi connectivity index (χ3v) is 2.50.